The molecule has 5 heteroatoms. The van der Waals surface area contributed by atoms with E-state index in [-0.39, 0.29) is 24.0 Å². The number of hydrogen-bond donors (Lipinski definition) is 1. The third kappa shape index (κ3) is 4.05. The van der Waals surface area contributed by atoms with Gasteiger partial charge in [-0.1, -0.05) is 50.2 Å². The van der Waals surface area contributed by atoms with E-state index in [1.807, 2.05) is 54.3 Å². The van der Waals surface area contributed by atoms with Crippen LogP contribution in [-0.2, 0) is 4.74 Å². The van der Waals surface area contributed by atoms with Crippen LogP contribution in [-0.4, -0.2) is 35.7 Å². The molecule has 0 spiro atoms. The van der Waals surface area contributed by atoms with Gasteiger partial charge in [-0.05, 0) is 30.0 Å². The highest BCUT2D eigenvalue weighted by Crippen LogP contribution is 2.27. The summed E-state index contributed by atoms with van der Waals surface area (Å²) >= 11 is 0. The summed E-state index contributed by atoms with van der Waals surface area (Å²) in [7, 11) is 0. The average molecular weight is 353 g/mol. The van der Waals surface area contributed by atoms with Crippen molar-refractivity contribution in [1.82, 2.24) is 15.2 Å². The number of hydrogen-bond acceptors (Lipinski definition) is 3. The maximum atomic E-state index is 13.1. The van der Waals surface area contributed by atoms with Crippen molar-refractivity contribution in [1.29, 1.82) is 0 Å². The largest absolute Gasteiger partial charge is 0.377 e. The molecule has 0 aliphatic carbocycles. The number of rotatable bonds is 4. The van der Waals surface area contributed by atoms with Gasteiger partial charge in [-0.2, -0.15) is 0 Å². The molecule has 0 radical (unpaired) electrons. The van der Waals surface area contributed by atoms with Gasteiger partial charge in [0.05, 0.1) is 31.0 Å². The van der Waals surface area contributed by atoms with Gasteiger partial charge in [0, 0.05) is 12.7 Å². The summed E-state index contributed by atoms with van der Waals surface area (Å²) in [5, 5.41) is 3.21. The Hall–Kier alpha value is -2.40. The molecular weight excluding hydrogens is 326 g/mol. The minimum absolute atomic E-state index is 0.0640. The van der Waals surface area contributed by atoms with Crippen LogP contribution in [0.4, 0.5) is 4.79 Å². The van der Waals surface area contributed by atoms with Crippen LogP contribution in [0.1, 0.15) is 42.8 Å². The summed E-state index contributed by atoms with van der Waals surface area (Å²) in [5.41, 5.74) is 3.12. The topological polar surface area (TPSA) is 54.5 Å². The van der Waals surface area contributed by atoms with Crippen LogP contribution in [0.5, 0.6) is 0 Å². The number of nitrogens with one attached hydrogen (secondary N) is 1. The second-order valence-corrected chi connectivity index (χ2v) is 7.07. The van der Waals surface area contributed by atoms with Crippen molar-refractivity contribution in [2.45, 2.75) is 32.9 Å². The Morgan fingerprint density at radius 3 is 2.69 bits per heavy atom. The fraction of sp³-hybridized carbons (Fsp3) is 0.429. The Labute approximate surface area is 155 Å². The number of aromatic nitrogens is 1. The Kier molecular flexibility index (Phi) is 5.89. The normalized spacial score (nSPS) is 18.6. The Morgan fingerprint density at radius 1 is 1.23 bits per heavy atom. The van der Waals surface area contributed by atoms with E-state index >= 15 is 0 Å². The van der Waals surface area contributed by atoms with E-state index in [4.69, 9.17) is 4.74 Å². The number of nitrogens with zero attached hydrogens (tertiary/aromatic N) is 2. The first kappa shape index (κ1) is 18.4. The van der Waals surface area contributed by atoms with Crippen molar-refractivity contribution in [2.75, 3.05) is 19.8 Å². The molecule has 2 aromatic rings. The Bertz CT molecular complexity index is 733. The minimum Gasteiger partial charge on any atom is -0.377 e. The predicted molar refractivity (Wildman–Crippen MR) is 102 cm³/mol. The molecule has 1 N–H and O–H groups in total. The van der Waals surface area contributed by atoms with Gasteiger partial charge in [-0.15, -0.1) is 0 Å². The van der Waals surface area contributed by atoms with E-state index in [1.54, 1.807) is 6.20 Å². The molecule has 1 aliphatic heterocycles. The SMILES string of the molecule is Cc1cccnc1C(NC(=O)N1CCOCC1c1ccccc1)C(C)C. The molecule has 1 saturated heterocycles. The molecule has 5 nitrogen and oxygen atoms in total. The number of amides is 2. The van der Waals surface area contributed by atoms with E-state index in [0.717, 1.165) is 16.8 Å². The van der Waals surface area contributed by atoms with Crippen LogP contribution in [0.15, 0.2) is 48.7 Å². The maximum absolute atomic E-state index is 13.1. The lowest BCUT2D eigenvalue weighted by Gasteiger charge is -2.37. The number of carbonyl (C=O) groups excluding carboxylic acids is 1. The number of benzene rings is 1. The molecule has 1 aromatic heterocycles. The fourth-order valence-electron chi connectivity index (χ4n) is 3.39. The van der Waals surface area contributed by atoms with Gasteiger partial charge in [0.25, 0.3) is 0 Å². The molecule has 1 aliphatic rings. The van der Waals surface area contributed by atoms with E-state index in [9.17, 15) is 4.79 Å². The van der Waals surface area contributed by atoms with E-state index in [0.29, 0.717) is 19.8 Å². The highest BCUT2D eigenvalue weighted by atomic mass is 16.5. The number of morpholine rings is 1. The molecule has 1 aromatic carbocycles. The maximum Gasteiger partial charge on any atom is 0.318 e. The fourth-order valence-corrected chi connectivity index (χ4v) is 3.39. The molecule has 2 unspecified atom stereocenters. The van der Waals surface area contributed by atoms with Gasteiger partial charge in [0.15, 0.2) is 0 Å². The summed E-state index contributed by atoms with van der Waals surface area (Å²) in [6, 6.07) is 13.8. The van der Waals surface area contributed by atoms with Gasteiger partial charge in [0.2, 0.25) is 0 Å². The predicted octanol–water partition coefficient (Wildman–Crippen LogP) is 3.87. The number of aryl methyl sites for hydroxylation is 1. The van der Waals surface area contributed by atoms with Gasteiger partial charge in [0.1, 0.15) is 0 Å². The van der Waals surface area contributed by atoms with Gasteiger partial charge < -0.3 is 15.0 Å². The summed E-state index contributed by atoms with van der Waals surface area (Å²) in [5.74, 6) is 0.240. The second-order valence-electron chi connectivity index (χ2n) is 7.07. The zero-order chi connectivity index (χ0) is 18.5. The zero-order valence-electron chi connectivity index (χ0n) is 15.7. The lowest BCUT2D eigenvalue weighted by Crippen LogP contribution is -2.49. The summed E-state index contributed by atoms with van der Waals surface area (Å²) < 4.78 is 5.64. The highest BCUT2D eigenvalue weighted by molar-refractivity contribution is 5.75. The van der Waals surface area contributed by atoms with Crippen molar-refractivity contribution in [3.05, 3.63) is 65.5 Å². The number of carbonyl (C=O) groups is 1. The van der Waals surface area contributed by atoms with Crippen molar-refractivity contribution in [2.24, 2.45) is 5.92 Å². The molecule has 138 valence electrons. The van der Waals surface area contributed by atoms with Crippen LogP contribution < -0.4 is 5.32 Å². The van der Waals surface area contributed by atoms with Crippen LogP contribution >= 0.6 is 0 Å². The first-order valence-electron chi connectivity index (χ1n) is 9.19. The number of pyridine rings is 1. The van der Waals surface area contributed by atoms with Gasteiger partial charge in [-0.25, -0.2) is 4.79 Å². The standard InChI is InChI=1S/C21H27N3O2/c1-15(2)19(20-16(3)8-7-11-22-20)23-21(25)24-12-13-26-14-18(24)17-9-5-4-6-10-17/h4-11,15,18-19H,12-14H2,1-3H3,(H,23,25). The molecule has 26 heavy (non-hydrogen) atoms. The highest BCUT2D eigenvalue weighted by Gasteiger charge is 2.31. The molecule has 2 amide bonds. The van der Waals surface area contributed by atoms with E-state index < -0.39 is 0 Å². The lowest BCUT2D eigenvalue weighted by atomic mass is 9.97. The summed E-state index contributed by atoms with van der Waals surface area (Å²) in [6.45, 7) is 7.90. The first-order chi connectivity index (χ1) is 12.6. The zero-order valence-corrected chi connectivity index (χ0v) is 15.7. The van der Waals surface area contributed by atoms with Crippen LogP contribution in [0.3, 0.4) is 0 Å². The molecule has 2 heterocycles. The smallest absolute Gasteiger partial charge is 0.318 e. The van der Waals surface area contributed by atoms with Gasteiger partial charge >= 0.3 is 6.03 Å². The van der Waals surface area contributed by atoms with Crippen molar-refractivity contribution in [3.63, 3.8) is 0 Å². The average Bonchev–Trinajstić information content (AvgIpc) is 2.67. The first-order valence-corrected chi connectivity index (χ1v) is 9.19. The number of urea groups is 1. The molecule has 3 rings (SSSR count). The lowest BCUT2D eigenvalue weighted by molar-refractivity contribution is 0.0106. The molecule has 2 atom stereocenters. The van der Waals surface area contributed by atoms with Crippen molar-refractivity contribution < 1.29 is 9.53 Å². The third-order valence-corrected chi connectivity index (χ3v) is 4.86. The molecule has 1 fully saturated rings. The van der Waals surface area contributed by atoms with Crippen LogP contribution in [0.2, 0.25) is 0 Å². The Morgan fingerprint density at radius 2 is 2.00 bits per heavy atom. The third-order valence-electron chi connectivity index (χ3n) is 4.86. The summed E-state index contributed by atoms with van der Waals surface area (Å²) in [6.07, 6.45) is 1.78. The molecule has 0 bridgehead atoms. The monoisotopic (exact) mass is 353 g/mol. The second kappa shape index (κ2) is 8.32. The number of ether oxygens (including phenoxy) is 1. The van der Waals surface area contributed by atoms with Crippen molar-refractivity contribution >= 4 is 6.03 Å². The summed E-state index contributed by atoms with van der Waals surface area (Å²) in [4.78, 5) is 19.5. The van der Waals surface area contributed by atoms with Gasteiger partial charge in [-0.3, -0.25) is 4.98 Å². The Balaban J connectivity index is 1.81. The van der Waals surface area contributed by atoms with Crippen LogP contribution in [0.25, 0.3) is 0 Å². The minimum atomic E-state index is -0.122. The van der Waals surface area contributed by atoms with E-state index in [1.165, 1.54) is 0 Å². The van der Waals surface area contributed by atoms with Crippen LogP contribution in [0, 0.1) is 12.8 Å². The van der Waals surface area contributed by atoms with Crippen molar-refractivity contribution in [3.8, 4) is 0 Å². The molecule has 0 saturated carbocycles. The molecular formula is C21H27N3O2. The van der Waals surface area contributed by atoms with E-state index in [2.05, 4.69) is 24.1 Å². The quantitative estimate of drug-likeness (QED) is 0.908.